The van der Waals surface area contributed by atoms with Gasteiger partial charge in [0.15, 0.2) is 5.85 Å². The number of carbonyl (C=O) groups excluding carboxylic acids is 1. The summed E-state index contributed by atoms with van der Waals surface area (Å²) in [5.41, 5.74) is -0.663. The van der Waals surface area contributed by atoms with Gasteiger partial charge in [-0.15, -0.1) is 0 Å². The normalized spacial score (nSPS) is 15.7. The van der Waals surface area contributed by atoms with Crippen molar-refractivity contribution in [3.63, 3.8) is 0 Å². The van der Waals surface area contributed by atoms with E-state index in [0.29, 0.717) is 6.42 Å². The van der Waals surface area contributed by atoms with E-state index < -0.39 is 31.2 Å². The number of aliphatic hydroxyl groups excluding tert-OH is 1. The van der Waals surface area contributed by atoms with Crippen LogP contribution in [0.3, 0.4) is 0 Å². The highest BCUT2D eigenvalue weighted by Gasteiger charge is 2.40. The molecule has 0 rings (SSSR count). The molecule has 0 aliphatic carbocycles. The van der Waals surface area contributed by atoms with E-state index in [1.807, 2.05) is 13.8 Å². The monoisotopic (exact) mass is 325 g/mol. The van der Waals surface area contributed by atoms with Crippen molar-refractivity contribution in [1.82, 2.24) is 5.32 Å². The maximum absolute atomic E-state index is 12.3. The van der Waals surface area contributed by atoms with E-state index in [-0.39, 0.29) is 5.92 Å². The van der Waals surface area contributed by atoms with Crippen molar-refractivity contribution in [2.45, 2.75) is 58.5 Å². The number of hydrogen-bond acceptors (Lipinski definition) is 6. The van der Waals surface area contributed by atoms with Crippen LogP contribution in [0.15, 0.2) is 0 Å². The van der Waals surface area contributed by atoms with Crippen LogP contribution in [0.1, 0.15) is 41.0 Å². The minimum absolute atomic E-state index is 0.154. The molecule has 0 aromatic carbocycles. The topological polar surface area (TPSA) is 94.1 Å². The highest BCUT2D eigenvalue weighted by atomic mass is 31.2. The second-order valence-corrected chi connectivity index (χ2v) is 8.54. The van der Waals surface area contributed by atoms with E-state index in [0.717, 1.165) is 0 Å². The van der Waals surface area contributed by atoms with Crippen LogP contribution in [0.2, 0.25) is 0 Å². The first-order valence-corrected chi connectivity index (χ1v) is 8.45. The van der Waals surface area contributed by atoms with Crippen LogP contribution < -0.4 is 5.32 Å². The zero-order valence-electron chi connectivity index (χ0n) is 13.9. The molecule has 7 nitrogen and oxygen atoms in total. The molecule has 0 unspecified atom stereocenters. The molecule has 8 heteroatoms. The second kappa shape index (κ2) is 8.13. The van der Waals surface area contributed by atoms with Gasteiger partial charge in [-0.2, -0.15) is 0 Å². The van der Waals surface area contributed by atoms with Gasteiger partial charge in [-0.25, -0.2) is 4.79 Å². The van der Waals surface area contributed by atoms with Crippen molar-refractivity contribution in [2.24, 2.45) is 5.92 Å². The number of rotatable bonds is 7. The summed E-state index contributed by atoms with van der Waals surface area (Å²) in [6.45, 7) is 9.03. The van der Waals surface area contributed by atoms with Crippen LogP contribution in [-0.4, -0.2) is 42.9 Å². The van der Waals surface area contributed by atoms with Crippen molar-refractivity contribution in [2.75, 3.05) is 14.2 Å². The van der Waals surface area contributed by atoms with Gasteiger partial charge in [0.25, 0.3) is 0 Å². The van der Waals surface area contributed by atoms with Gasteiger partial charge in [0.2, 0.25) is 0 Å². The molecule has 0 aromatic rings. The van der Waals surface area contributed by atoms with Crippen LogP contribution in [0.4, 0.5) is 4.79 Å². The van der Waals surface area contributed by atoms with Gasteiger partial charge in [0.1, 0.15) is 5.60 Å². The number of nitrogens with one attached hydrogen (secondary N) is 1. The molecule has 2 N–H and O–H groups in total. The predicted molar refractivity (Wildman–Crippen MR) is 80.2 cm³/mol. The molecule has 21 heavy (non-hydrogen) atoms. The summed E-state index contributed by atoms with van der Waals surface area (Å²) in [5, 5.41) is 12.8. The second-order valence-electron chi connectivity index (χ2n) is 6.20. The molecule has 0 fully saturated rings. The SMILES string of the molecule is COP(=O)(OC)[C@@H](O)[C@H](CC(C)C)NC(=O)OC(C)(C)C. The standard InChI is InChI=1S/C13H28NO6P/c1-9(2)8-10(11(15)21(17,18-6)19-7)14-12(16)20-13(3,4)5/h9-11,15H,8H2,1-7H3,(H,14,16)/t10-,11+/m0/s1. The summed E-state index contributed by atoms with van der Waals surface area (Å²) in [5.74, 6) is -1.32. The van der Waals surface area contributed by atoms with Crippen molar-refractivity contribution in [3.8, 4) is 0 Å². The van der Waals surface area contributed by atoms with Gasteiger partial charge < -0.3 is 24.2 Å². The smallest absolute Gasteiger partial charge is 0.407 e. The number of alkyl carbamates (subject to hydrolysis) is 1. The lowest BCUT2D eigenvalue weighted by molar-refractivity contribution is 0.0441. The molecule has 0 saturated carbocycles. The van der Waals surface area contributed by atoms with Gasteiger partial charge in [0.05, 0.1) is 6.04 Å². The Kier molecular flexibility index (Phi) is 7.89. The van der Waals surface area contributed by atoms with E-state index in [2.05, 4.69) is 5.32 Å². The Labute approximate surface area is 126 Å². The number of carbonyl (C=O) groups is 1. The van der Waals surface area contributed by atoms with Crippen LogP contribution >= 0.6 is 7.60 Å². The highest BCUT2D eigenvalue weighted by Crippen LogP contribution is 2.52. The summed E-state index contributed by atoms with van der Waals surface area (Å²) in [4.78, 5) is 11.8. The lowest BCUT2D eigenvalue weighted by Gasteiger charge is -2.30. The summed E-state index contributed by atoms with van der Waals surface area (Å²) < 4.78 is 27.0. The zero-order valence-corrected chi connectivity index (χ0v) is 14.8. The molecule has 126 valence electrons. The van der Waals surface area contributed by atoms with Gasteiger partial charge in [-0.05, 0) is 33.1 Å². The van der Waals surface area contributed by atoms with E-state index in [1.165, 1.54) is 14.2 Å². The molecule has 0 saturated heterocycles. The maximum Gasteiger partial charge on any atom is 0.407 e. The van der Waals surface area contributed by atoms with Crippen molar-refractivity contribution >= 4 is 13.7 Å². The lowest BCUT2D eigenvalue weighted by atomic mass is 10.0. The molecule has 0 spiro atoms. The Morgan fingerprint density at radius 1 is 1.24 bits per heavy atom. The number of ether oxygens (including phenoxy) is 1. The Morgan fingerprint density at radius 2 is 1.71 bits per heavy atom. The Balaban J connectivity index is 5.04. The molecule has 0 aromatic heterocycles. The Hall–Kier alpha value is -0.620. The van der Waals surface area contributed by atoms with E-state index >= 15 is 0 Å². The quantitative estimate of drug-likeness (QED) is 0.699. The van der Waals surface area contributed by atoms with Crippen molar-refractivity contribution in [3.05, 3.63) is 0 Å². The fourth-order valence-corrected chi connectivity index (χ4v) is 2.95. The third-order valence-corrected chi connectivity index (χ3v) is 4.65. The fraction of sp³-hybridized carbons (Fsp3) is 0.923. The number of amides is 1. The average molecular weight is 325 g/mol. The van der Waals surface area contributed by atoms with Gasteiger partial charge in [0, 0.05) is 14.2 Å². The minimum Gasteiger partial charge on any atom is -0.444 e. The molecular weight excluding hydrogens is 297 g/mol. The van der Waals surface area contributed by atoms with E-state index in [9.17, 15) is 14.5 Å². The first kappa shape index (κ1) is 20.4. The molecular formula is C13H28NO6P. The molecule has 0 aliphatic rings. The predicted octanol–water partition coefficient (Wildman–Crippen LogP) is 2.73. The Morgan fingerprint density at radius 3 is 2.05 bits per heavy atom. The molecule has 0 radical (unpaired) electrons. The molecule has 2 atom stereocenters. The first-order valence-electron chi connectivity index (χ1n) is 6.84. The summed E-state index contributed by atoms with van der Waals surface area (Å²) in [7, 11) is -1.33. The van der Waals surface area contributed by atoms with Gasteiger partial charge >= 0.3 is 13.7 Å². The number of aliphatic hydroxyl groups is 1. The summed E-state index contributed by atoms with van der Waals surface area (Å²) in [6, 6.07) is -0.800. The molecule has 0 aliphatic heterocycles. The van der Waals surface area contributed by atoms with Gasteiger partial charge in [-0.3, -0.25) is 4.57 Å². The number of hydrogen-bond donors (Lipinski definition) is 2. The largest absolute Gasteiger partial charge is 0.444 e. The van der Waals surface area contributed by atoms with Crippen LogP contribution in [0, 0.1) is 5.92 Å². The minimum atomic E-state index is -3.71. The fourth-order valence-electron chi connectivity index (χ4n) is 1.73. The third-order valence-electron chi connectivity index (χ3n) is 2.62. The molecule has 0 heterocycles. The summed E-state index contributed by atoms with van der Waals surface area (Å²) in [6.07, 6.45) is -0.289. The Bertz CT molecular complexity index is 371. The molecule has 0 bridgehead atoms. The average Bonchev–Trinajstić information content (AvgIpc) is 2.33. The van der Waals surface area contributed by atoms with Gasteiger partial charge in [-0.1, -0.05) is 13.8 Å². The van der Waals surface area contributed by atoms with E-state index in [1.54, 1.807) is 20.8 Å². The van der Waals surface area contributed by atoms with Crippen molar-refractivity contribution in [1.29, 1.82) is 0 Å². The lowest BCUT2D eigenvalue weighted by Crippen LogP contribution is -2.46. The first-order chi connectivity index (χ1) is 9.45. The van der Waals surface area contributed by atoms with Crippen LogP contribution in [0.5, 0.6) is 0 Å². The summed E-state index contributed by atoms with van der Waals surface area (Å²) >= 11 is 0. The molecule has 1 amide bonds. The van der Waals surface area contributed by atoms with Crippen LogP contribution in [0.25, 0.3) is 0 Å². The van der Waals surface area contributed by atoms with Crippen molar-refractivity contribution < 1.29 is 28.3 Å². The maximum atomic E-state index is 12.3. The van der Waals surface area contributed by atoms with E-state index in [4.69, 9.17) is 13.8 Å². The third kappa shape index (κ3) is 7.27. The zero-order chi connectivity index (χ0) is 16.8. The van der Waals surface area contributed by atoms with Crippen LogP contribution in [-0.2, 0) is 18.3 Å². The highest BCUT2D eigenvalue weighted by molar-refractivity contribution is 7.54.